The highest BCUT2D eigenvalue weighted by Gasteiger charge is 2.15. The van der Waals surface area contributed by atoms with Gasteiger partial charge in [-0.25, -0.2) is 9.59 Å². The molecule has 6 heteroatoms. The number of urea groups is 1. The number of halogens is 1. The van der Waals surface area contributed by atoms with Crippen LogP contribution in [0.3, 0.4) is 0 Å². The van der Waals surface area contributed by atoms with Crippen molar-refractivity contribution in [3.63, 3.8) is 0 Å². The average Bonchev–Trinajstić information content (AvgIpc) is 2.37. The summed E-state index contributed by atoms with van der Waals surface area (Å²) in [5, 5.41) is 11.8. The number of aromatic carboxylic acids is 1. The first-order valence-corrected chi connectivity index (χ1v) is 6.81. The van der Waals surface area contributed by atoms with E-state index in [4.69, 9.17) is 16.7 Å². The van der Waals surface area contributed by atoms with Crippen molar-refractivity contribution in [3.8, 4) is 0 Å². The largest absolute Gasteiger partial charge is 0.478 e. The molecule has 20 heavy (non-hydrogen) atoms. The molecule has 2 amide bonds. The quantitative estimate of drug-likeness (QED) is 0.873. The lowest BCUT2D eigenvalue weighted by Crippen LogP contribution is -2.37. The van der Waals surface area contributed by atoms with Crippen molar-refractivity contribution < 1.29 is 14.7 Å². The summed E-state index contributed by atoms with van der Waals surface area (Å²) in [5.74, 6) is -0.690. The molecule has 5 nitrogen and oxygen atoms in total. The lowest BCUT2D eigenvalue weighted by molar-refractivity contribution is 0.0697. The number of benzene rings is 1. The van der Waals surface area contributed by atoms with Crippen molar-refractivity contribution in [1.82, 2.24) is 4.90 Å². The highest BCUT2D eigenvalue weighted by atomic mass is 35.5. The van der Waals surface area contributed by atoms with Crippen LogP contribution >= 0.6 is 11.6 Å². The molecule has 1 aromatic carbocycles. The van der Waals surface area contributed by atoms with Crippen molar-refractivity contribution >= 4 is 29.3 Å². The minimum atomic E-state index is -1.06. The van der Waals surface area contributed by atoms with Gasteiger partial charge in [-0.3, -0.25) is 0 Å². The molecule has 0 spiro atoms. The van der Waals surface area contributed by atoms with Crippen LogP contribution in [0.25, 0.3) is 0 Å². The third-order valence-corrected chi connectivity index (χ3v) is 3.02. The number of hydrogen-bond acceptors (Lipinski definition) is 2. The molecule has 0 saturated heterocycles. The Morgan fingerprint density at radius 3 is 2.50 bits per heavy atom. The number of anilines is 1. The lowest BCUT2D eigenvalue weighted by atomic mass is 10.2. The molecule has 0 atom stereocenters. The monoisotopic (exact) mass is 298 g/mol. The molecule has 0 bridgehead atoms. The molecule has 1 rings (SSSR count). The van der Waals surface area contributed by atoms with Gasteiger partial charge in [0.1, 0.15) is 0 Å². The first-order valence-electron chi connectivity index (χ1n) is 6.43. The summed E-state index contributed by atoms with van der Waals surface area (Å²) >= 11 is 5.97. The Morgan fingerprint density at radius 1 is 1.40 bits per heavy atom. The van der Waals surface area contributed by atoms with Gasteiger partial charge in [0.15, 0.2) is 0 Å². The standard InChI is InChI=1S/C14H19ClN2O3/c1-4-17(8-9(2)3)14(20)16-12-6-5-10(13(18)19)7-11(12)15/h5-7,9H,4,8H2,1-3H3,(H,16,20)(H,18,19). The van der Waals surface area contributed by atoms with Crippen LogP contribution in [-0.4, -0.2) is 35.1 Å². The van der Waals surface area contributed by atoms with Gasteiger partial charge < -0.3 is 15.3 Å². The van der Waals surface area contributed by atoms with E-state index in [1.54, 1.807) is 4.90 Å². The van der Waals surface area contributed by atoms with E-state index in [2.05, 4.69) is 5.32 Å². The Bertz CT molecular complexity index is 503. The number of hydrogen-bond donors (Lipinski definition) is 2. The molecule has 0 fully saturated rings. The Balaban J connectivity index is 2.82. The fourth-order valence-electron chi connectivity index (χ4n) is 1.74. The molecule has 110 valence electrons. The van der Waals surface area contributed by atoms with E-state index in [9.17, 15) is 9.59 Å². The second-order valence-electron chi connectivity index (χ2n) is 4.86. The fraction of sp³-hybridized carbons (Fsp3) is 0.429. The number of carbonyl (C=O) groups is 2. The summed E-state index contributed by atoms with van der Waals surface area (Å²) in [7, 11) is 0. The summed E-state index contributed by atoms with van der Waals surface area (Å²) in [6, 6.07) is 3.97. The molecule has 0 aromatic heterocycles. The van der Waals surface area contributed by atoms with Gasteiger partial charge in [-0.2, -0.15) is 0 Å². The van der Waals surface area contributed by atoms with Gasteiger partial charge in [0.25, 0.3) is 0 Å². The van der Waals surface area contributed by atoms with Crippen LogP contribution in [0.4, 0.5) is 10.5 Å². The van der Waals surface area contributed by atoms with Crippen molar-refractivity contribution in [3.05, 3.63) is 28.8 Å². The van der Waals surface area contributed by atoms with E-state index in [1.165, 1.54) is 18.2 Å². The number of nitrogens with zero attached hydrogens (tertiary/aromatic N) is 1. The molecule has 0 aliphatic carbocycles. The molecule has 0 aliphatic rings. The van der Waals surface area contributed by atoms with E-state index in [1.807, 2.05) is 20.8 Å². The fourth-order valence-corrected chi connectivity index (χ4v) is 1.97. The predicted octanol–water partition coefficient (Wildman–Crippen LogP) is 3.55. The highest BCUT2D eigenvalue weighted by Crippen LogP contribution is 2.23. The minimum absolute atomic E-state index is 0.0857. The highest BCUT2D eigenvalue weighted by molar-refractivity contribution is 6.34. The summed E-state index contributed by atoms with van der Waals surface area (Å²) in [4.78, 5) is 24.6. The summed E-state index contributed by atoms with van der Waals surface area (Å²) in [6.45, 7) is 7.20. The van der Waals surface area contributed by atoms with Crippen molar-refractivity contribution in [2.24, 2.45) is 5.92 Å². The van der Waals surface area contributed by atoms with Crippen LogP contribution < -0.4 is 5.32 Å². The van der Waals surface area contributed by atoms with Crippen LogP contribution in [0, 0.1) is 5.92 Å². The number of amides is 2. The molecule has 1 aromatic rings. The zero-order valence-electron chi connectivity index (χ0n) is 11.8. The predicted molar refractivity (Wildman–Crippen MR) is 79.5 cm³/mol. The van der Waals surface area contributed by atoms with E-state index in [0.29, 0.717) is 24.7 Å². The topological polar surface area (TPSA) is 69.6 Å². The molecule has 0 aliphatic heterocycles. The number of carboxylic acids is 1. The Labute approximate surface area is 123 Å². The third-order valence-electron chi connectivity index (χ3n) is 2.71. The van der Waals surface area contributed by atoms with Crippen LogP contribution in [0.1, 0.15) is 31.1 Å². The van der Waals surface area contributed by atoms with E-state index in [0.717, 1.165) is 0 Å². The zero-order chi connectivity index (χ0) is 15.3. The van der Waals surface area contributed by atoms with Gasteiger partial charge in [-0.1, -0.05) is 25.4 Å². The molecular weight excluding hydrogens is 280 g/mol. The summed E-state index contributed by atoms with van der Waals surface area (Å²) in [5.41, 5.74) is 0.492. The van der Waals surface area contributed by atoms with Crippen LogP contribution in [0.5, 0.6) is 0 Å². The first-order chi connectivity index (χ1) is 9.35. The molecular formula is C14H19ClN2O3. The maximum absolute atomic E-state index is 12.1. The maximum atomic E-state index is 12.1. The van der Waals surface area contributed by atoms with Gasteiger partial charge in [-0.15, -0.1) is 0 Å². The second-order valence-corrected chi connectivity index (χ2v) is 5.27. The molecule has 2 N–H and O–H groups in total. The normalized spacial score (nSPS) is 10.4. The van der Waals surface area contributed by atoms with Crippen molar-refractivity contribution in [2.75, 3.05) is 18.4 Å². The van der Waals surface area contributed by atoms with Gasteiger partial charge in [0, 0.05) is 13.1 Å². The van der Waals surface area contributed by atoms with Crippen molar-refractivity contribution in [2.45, 2.75) is 20.8 Å². The van der Waals surface area contributed by atoms with Gasteiger partial charge in [0.2, 0.25) is 0 Å². The SMILES string of the molecule is CCN(CC(C)C)C(=O)Nc1ccc(C(=O)O)cc1Cl. The molecule has 0 heterocycles. The summed E-state index contributed by atoms with van der Waals surface area (Å²) in [6.07, 6.45) is 0. The van der Waals surface area contributed by atoms with E-state index >= 15 is 0 Å². The third kappa shape index (κ3) is 4.42. The smallest absolute Gasteiger partial charge is 0.335 e. The Morgan fingerprint density at radius 2 is 2.05 bits per heavy atom. The van der Waals surface area contributed by atoms with E-state index in [-0.39, 0.29) is 16.6 Å². The van der Waals surface area contributed by atoms with Gasteiger partial charge in [0.05, 0.1) is 16.3 Å². The second kappa shape index (κ2) is 7.14. The van der Waals surface area contributed by atoms with Crippen LogP contribution in [0.2, 0.25) is 5.02 Å². The Hall–Kier alpha value is -1.75. The van der Waals surface area contributed by atoms with Gasteiger partial charge in [-0.05, 0) is 31.0 Å². The van der Waals surface area contributed by atoms with Gasteiger partial charge >= 0.3 is 12.0 Å². The zero-order valence-corrected chi connectivity index (χ0v) is 12.6. The number of carboxylic acid groups (broad SMARTS) is 1. The lowest BCUT2D eigenvalue weighted by Gasteiger charge is -2.23. The van der Waals surface area contributed by atoms with Crippen LogP contribution in [0.15, 0.2) is 18.2 Å². The number of nitrogens with one attached hydrogen (secondary N) is 1. The molecule has 0 radical (unpaired) electrons. The summed E-state index contributed by atoms with van der Waals surface area (Å²) < 4.78 is 0. The number of rotatable bonds is 5. The molecule has 0 unspecified atom stereocenters. The molecule has 0 saturated carbocycles. The Kier molecular flexibility index (Phi) is 5.82. The minimum Gasteiger partial charge on any atom is -0.478 e. The average molecular weight is 299 g/mol. The first kappa shape index (κ1) is 16.3. The van der Waals surface area contributed by atoms with Crippen LogP contribution in [-0.2, 0) is 0 Å². The van der Waals surface area contributed by atoms with Crippen molar-refractivity contribution in [1.29, 1.82) is 0 Å². The maximum Gasteiger partial charge on any atom is 0.335 e. The van der Waals surface area contributed by atoms with E-state index < -0.39 is 5.97 Å². The number of carbonyl (C=O) groups excluding carboxylic acids is 1.